The van der Waals surface area contributed by atoms with Crippen LogP contribution in [0, 0.1) is 12.3 Å². The number of aryl methyl sites for hydroxylation is 1. The lowest BCUT2D eigenvalue weighted by Gasteiger charge is -2.35. The number of nitrogens with one attached hydrogen (secondary N) is 2. The molecule has 2 heterocycles. The molecule has 0 aliphatic carbocycles. The summed E-state index contributed by atoms with van der Waals surface area (Å²) in [5.74, 6) is -0.962. The van der Waals surface area contributed by atoms with E-state index in [9.17, 15) is 19.5 Å². The fraction of sp³-hybridized carbons (Fsp3) is 0.520. The summed E-state index contributed by atoms with van der Waals surface area (Å²) in [6, 6.07) is 6.64. The van der Waals surface area contributed by atoms with Crippen LogP contribution in [-0.4, -0.2) is 64.0 Å². The second-order valence-electron chi connectivity index (χ2n) is 9.90. The van der Waals surface area contributed by atoms with Gasteiger partial charge in [-0.05, 0) is 29.9 Å². The maximum absolute atomic E-state index is 13.3. The highest BCUT2D eigenvalue weighted by molar-refractivity contribution is 7.13. The Morgan fingerprint density at radius 3 is 2.47 bits per heavy atom. The number of rotatable bonds is 7. The van der Waals surface area contributed by atoms with Crippen molar-refractivity contribution in [2.24, 2.45) is 5.41 Å². The molecule has 9 heteroatoms. The van der Waals surface area contributed by atoms with Gasteiger partial charge < -0.3 is 20.6 Å². The van der Waals surface area contributed by atoms with Gasteiger partial charge in [-0.25, -0.2) is 4.98 Å². The van der Waals surface area contributed by atoms with Gasteiger partial charge in [0.05, 0.1) is 22.2 Å². The molecule has 3 N–H and O–H groups in total. The van der Waals surface area contributed by atoms with Gasteiger partial charge >= 0.3 is 0 Å². The number of aliphatic hydroxyl groups excluding tert-OH is 1. The minimum Gasteiger partial charge on any atom is -0.391 e. The van der Waals surface area contributed by atoms with Gasteiger partial charge in [0.1, 0.15) is 12.1 Å². The van der Waals surface area contributed by atoms with Gasteiger partial charge in [-0.15, -0.1) is 11.3 Å². The van der Waals surface area contributed by atoms with E-state index in [2.05, 4.69) is 27.8 Å². The molecule has 0 spiro atoms. The number of aliphatic hydroxyl groups is 1. The summed E-state index contributed by atoms with van der Waals surface area (Å²) in [6.07, 6.45) is 0.0468. The van der Waals surface area contributed by atoms with E-state index in [0.29, 0.717) is 13.0 Å². The molecule has 0 saturated carbocycles. The zero-order valence-corrected chi connectivity index (χ0v) is 21.2. The van der Waals surface area contributed by atoms with Gasteiger partial charge in [0, 0.05) is 26.4 Å². The number of hydrogen-bond donors (Lipinski definition) is 3. The fourth-order valence-electron chi connectivity index (χ4n) is 4.17. The Bertz CT molecular complexity index is 1030. The molecule has 0 unspecified atom stereocenters. The van der Waals surface area contributed by atoms with E-state index in [1.54, 1.807) is 11.3 Å². The van der Waals surface area contributed by atoms with Gasteiger partial charge in [-0.3, -0.25) is 14.4 Å². The molecule has 3 atom stereocenters. The maximum atomic E-state index is 13.3. The van der Waals surface area contributed by atoms with Crippen molar-refractivity contribution in [3.8, 4) is 10.4 Å². The Morgan fingerprint density at radius 1 is 1.24 bits per heavy atom. The molecular formula is C25H34N4O4S. The third kappa shape index (κ3) is 6.21. The first-order valence-electron chi connectivity index (χ1n) is 11.5. The highest BCUT2D eigenvalue weighted by Crippen LogP contribution is 2.28. The predicted molar refractivity (Wildman–Crippen MR) is 132 cm³/mol. The molecule has 184 valence electrons. The molecule has 3 rings (SSSR count). The maximum Gasteiger partial charge on any atom is 0.246 e. The van der Waals surface area contributed by atoms with Crippen molar-refractivity contribution in [1.82, 2.24) is 20.5 Å². The average Bonchev–Trinajstić information content (AvgIpc) is 3.36. The molecule has 1 saturated heterocycles. The molecule has 1 aromatic carbocycles. The molecule has 0 radical (unpaired) electrons. The zero-order valence-electron chi connectivity index (χ0n) is 20.4. The standard InChI is InChI=1S/C25H34N4O4S/c1-15-21(34-14-27-15)18-8-6-17(7-9-18)10-11-26-23(32)20-12-19(31)13-29(20)24(33)22(25(3,4)5)28-16(2)30/h6-9,14,19-20,22,31H,10-13H2,1-5H3,(H,26,32)(H,28,30)/t19-,20-,22+/m0/s1. The highest BCUT2D eigenvalue weighted by atomic mass is 32.1. The van der Waals surface area contributed by atoms with E-state index in [-0.39, 0.29) is 30.7 Å². The van der Waals surface area contributed by atoms with Gasteiger partial charge in [0.25, 0.3) is 0 Å². The van der Waals surface area contributed by atoms with Crippen LogP contribution in [0.3, 0.4) is 0 Å². The quantitative estimate of drug-likeness (QED) is 0.556. The van der Waals surface area contributed by atoms with Crippen LogP contribution >= 0.6 is 11.3 Å². The van der Waals surface area contributed by atoms with Crippen LogP contribution < -0.4 is 10.6 Å². The molecule has 2 aromatic rings. The summed E-state index contributed by atoms with van der Waals surface area (Å²) in [5.41, 5.74) is 4.51. The van der Waals surface area contributed by atoms with E-state index < -0.39 is 23.6 Å². The first-order valence-corrected chi connectivity index (χ1v) is 12.4. The van der Waals surface area contributed by atoms with Crippen molar-refractivity contribution >= 4 is 29.1 Å². The second kappa shape index (κ2) is 10.7. The molecule has 1 aliphatic rings. The molecular weight excluding hydrogens is 452 g/mol. The number of nitrogens with zero attached hydrogens (tertiary/aromatic N) is 2. The number of carbonyl (C=O) groups excluding carboxylic acids is 3. The average molecular weight is 487 g/mol. The van der Waals surface area contributed by atoms with Gasteiger partial charge in [0.2, 0.25) is 17.7 Å². The van der Waals surface area contributed by atoms with E-state index >= 15 is 0 Å². The van der Waals surface area contributed by atoms with Crippen LogP contribution in [0.4, 0.5) is 0 Å². The molecule has 8 nitrogen and oxygen atoms in total. The molecule has 1 fully saturated rings. The summed E-state index contributed by atoms with van der Waals surface area (Å²) in [7, 11) is 0. The normalized spacial score (nSPS) is 19.1. The second-order valence-corrected chi connectivity index (χ2v) is 10.8. The summed E-state index contributed by atoms with van der Waals surface area (Å²) >= 11 is 1.61. The first kappa shape index (κ1) is 25.8. The van der Waals surface area contributed by atoms with E-state index in [0.717, 1.165) is 21.7 Å². The summed E-state index contributed by atoms with van der Waals surface area (Å²) < 4.78 is 0. The topological polar surface area (TPSA) is 112 Å². The van der Waals surface area contributed by atoms with Crippen LogP contribution in [0.2, 0.25) is 0 Å². The third-order valence-corrected chi connectivity index (χ3v) is 6.98. The Labute approximate surface area is 204 Å². The SMILES string of the molecule is CC(=O)N[C@H](C(=O)N1C[C@@H](O)C[C@H]1C(=O)NCCc1ccc(-c2scnc2C)cc1)C(C)(C)C. The Morgan fingerprint density at radius 2 is 1.91 bits per heavy atom. The van der Waals surface area contributed by atoms with Crippen molar-refractivity contribution in [3.05, 3.63) is 41.0 Å². The van der Waals surface area contributed by atoms with E-state index in [1.807, 2.05) is 45.3 Å². The molecule has 1 aliphatic heterocycles. The summed E-state index contributed by atoms with van der Waals surface area (Å²) in [6.45, 7) is 9.41. The van der Waals surface area contributed by atoms with E-state index in [4.69, 9.17) is 0 Å². The molecule has 3 amide bonds. The largest absolute Gasteiger partial charge is 0.391 e. The predicted octanol–water partition coefficient (Wildman–Crippen LogP) is 2.29. The van der Waals surface area contributed by atoms with Crippen molar-refractivity contribution in [3.63, 3.8) is 0 Å². The Balaban J connectivity index is 1.60. The van der Waals surface area contributed by atoms with Crippen LogP contribution in [0.15, 0.2) is 29.8 Å². The summed E-state index contributed by atoms with van der Waals surface area (Å²) in [5, 5.41) is 15.8. The van der Waals surface area contributed by atoms with Gasteiger partial charge in [-0.2, -0.15) is 0 Å². The van der Waals surface area contributed by atoms with Crippen LogP contribution in [0.1, 0.15) is 45.4 Å². The van der Waals surface area contributed by atoms with Gasteiger partial charge in [0.15, 0.2) is 0 Å². The lowest BCUT2D eigenvalue weighted by atomic mass is 9.85. The third-order valence-electron chi connectivity index (χ3n) is 6.00. The number of carbonyl (C=O) groups is 3. The molecule has 0 bridgehead atoms. The molecule has 34 heavy (non-hydrogen) atoms. The number of amides is 3. The fourth-order valence-corrected chi connectivity index (χ4v) is 4.98. The smallest absolute Gasteiger partial charge is 0.246 e. The van der Waals surface area contributed by atoms with Crippen molar-refractivity contribution in [1.29, 1.82) is 0 Å². The minimum atomic E-state index is -0.786. The Hall–Kier alpha value is -2.78. The summed E-state index contributed by atoms with van der Waals surface area (Å²) in [4.78, 5) is 44.7. The highest BCUT2D eigenvalue weighted by Gasteiger charge is 2.44. The van der Waals surface area contributed by atoms with Crippen molar-refractivity contribution in [2.75, 3.05) is 13.1 Å². The number of thiazole rings is 1. The first-order chi connectivity index (χ1) is 16.0. The van der Waals surface area contributed by atoms with Crippen LogP contribution in [0.5, 0.6) is 0 Å². The van der Waals surface area contributed by atoms with E-state index in [1.165, 1.54) is 11.8 Å². The minimum absolute atomic E-state index is 0.0710. The number of hydrogen-bond acceptors (Lipinski definition) is 6. The Kier molecular flexibility index (Phi) is 8.09. The number of aromatic nitrogens is 1. The molecule has 1 aromatic heterocycles. The van der Waals surface area contributed by atoms with Crippen molar-refractivity contribution < 1.29 is 19.5 Å². The monoisotopic (exact) mass is 486 g/mol. The number of benzene rings is 1. The number of β-amino-alcohol motifs (C(OH)–C–C–N with tert-alkyl or cyclic N) is 1. The number of likely N-dealkylation sites (tertiary alicyclic amines) is 1. The zero-order chi connectivity index (χ0) is 25.0. The van der Waals surface area contributed by atoms with Gasteiger partial charge in [-0.1, -0.05) is 45.0 Å². The van der Waals surface area contributed by atoms with Crippen LogP contribution in [-0.2, 0) is 20.8 Å². The van der Waals surface area contributed by atoms with Crippen LogP contribution in [0.25, 0.3) is 10.4 Å². The lowest BCUT2D eigenvalue weighted by Crippen LogP contribution is -2.57. The van der Waals surface area contributed by atoms with Crippen molar-refractivity contribution in [2.45, 2.75) is 65.6 Å². The lowest BCUT2D eigenvalue weighted by molar-refractivity contribution is -0.143.